The second-order valence-electron chi connectivity index (χ2n) is 14.7. The van der Waals surface area contributed by atoms with Crippen LogP contribution in [0.2, 0.25) is 0 Å². The Morgan fingerprint density at radius 2 is 1.83 bits per heavy atom. The van der Waals surface area contributed by atoms with Gasteiger partial charge in [0.2, 0.25) is 5.91 Å². The summed E-state index contributed by atoms with van der Waals surface area (Å²) in [5.41, 5.74) is 3.46. The van der Waals surface area contributed by atoms with Crippen molar-refractivity contribution in [1.82, 2.24) is 9.80 Å². The first kappa shape index (κ1) is 33.9. The molecule has 2 fully saturated rings. The summed E-state index contributed by atoms with van der Waals surface area (Å²) in [4.78, 5) is 18.9. The van der Waals surface area contributed by atoms with Gasteiger partial charge in [0.1, 0.15) is 11.9 Å². The predicted octanol–water partition coefficient (Wildman–Crippen LogP) is 8.38. The van der Waals surface area contributed by atoms with Crippen molar-refractivity contribution in [3.63, 3.8) is 0 Å². The number of phenolic OH excluding ortho intramolecular Hbond substituents is 1. The minimum Gasteiger partial charge on any atom is -0.508 e. The maximum absolute atomic E-state index is 14.1. The number of methoxy groups -OCH3 is 1. The molecular weight excluding hydrogens is 584 g/mol. The van der Waals surface area contributed by atoms with Crippen molar-refractivity contribution in [2.45, 2.75) is 133 Å². The van der Waals surface area contributed by atoms with Crippen LogP contribution in [0.5, 0.6) is 17.2 Å². The second-order valence-corrected chi connectivity index (χ2v) is 14.7. The lowest BCUT2D eigenvalue weighted by Gasteiger charge is -2.60. The highest BCUT2D eigenvalue weighted by Gasteiger charge is 2.67. The van der Waals surface area contributed by atoms with Gasteiger partial charge in [0.25, 0.3) is 0 Å². The van der Waals surface area contributed by atoms with Crippen LogP contribution >= 0.6 is 0 Å². The van der Waals surface area contributed by atoms with Crippen LogP contribution in [0.1, 0.15) is 114 Å². The first-order valence-corrected chi connectivity index (χ1v) is 18.8. The molecule has 4 aliphatic rings. The van der Waals surface area contributed by atoms with Crippen LogP contribution in [-0.2, 0) is 23.1 Å². The minimum atomic E-state index is -0.202. The van der Waals surface area contributed by atoms with E-state index in [1.165, 1.54) is 56.1 Å². The van der Waals surface area contributed by atoms with E-state index >= 15 is 0 Å². The number of aryl methyl sites for hydroxylation is 1. The summed E-state index contributed by atoms with van der Waals surface area (Å²) in [6.45, 7) is 8.89. The van der Waals surface area contributed by atoms with E-state index in [4.69, 9.17) is 9.47 Å². The number of hydrogen-bond acceptors (Lipinski definition) is 5. The van der Waals surface area contributed by atoms with E-state index in [1.807, 2.05) is 6.08 Å². The molecule has 6 nitrogen and oxygen atoms in total. The molecule has 6 rings (SSSR count). The van der Waals surface area contributed by atoms with Gasteiger partial charge in [-0.05, 0) is 69.4 Å². The third-order valence-electron chi connectivity index (χ3n) is 12.0. The number of carbonyl (C=O) groups excluding carboxylic acids is 1. The molecule has 47 heavy (non-hydrogen) atoms. The molecule has 2 aliphatic heterocycles. The summed E-state index contributed by atoms with van der Waals surface area (Å²) < 4.78 is 12.8. The summed E-state index contributed by atoms with van der Waals surface area (Å²) in [6, 6.07) is 12.9. The van der Waals surface area contributed by atoms with Gasteiger partial charge in [-0.15, -0.1) is 6.58 Å². The first-order chi connectivity index (χ1) is 23.0. The fourth-order valence-corrected chi connectivity index (χ4v) is 9.77. The van der Waals surface area contributed by atoms with E-state index in [2.05, 4.69) is 53.6 Å². The van der Waals surface area contributed by atoms with Crippen molar-refractivity contribution < 1.29 is 19.4 Å². The first-order valence-electron chi connectivity index (χ1n) is 18.8. The highest BCUT2D eigenvalue weighted by molar-refractivity contribution is 5.77. The Bertz CT molecular complexity index is 1360. The summed E-state index contributed by atoms with van der Waals surface area (Å²) in [5, 5.41) is 11.3. The maximum Gasteiger partial charge on any atom is 0.222 e. The van der Waals surface area contributed by atoms with Gasteiger partial charge in [-0.25, -0.2) is 0 Å². The molecule has 1 saturated carbocycles. The van der Waals surface area contributed by atoms with Gasteiger partial charge in [0.05, 0.1) is 13.2 Å². The van der Waals surface area contributed by atoms with Crippen molar-refractivity contribution >= 4 is 5.91 Å². The van der Waals surface area contributed by atoms with Gasteiger partial charge in [0.15, 0.2) is 11.5 Å². The van der Waals surface area contributed by atoms with Crippen LogP contribution in [0, 0.1) is 5.92 Å². The van der Waals surface area contributed by atoms with Crippen molar-refractivity contribution in [3.8, 4) is 17.2 Å². The van der Waals surface area contributed by atoms with Crippen molar-refractivity contribution in [2.24, 2.45) is 5.92 Å². The average molecular weight is 643 g/mol. The number of benzene rings is 2. The third-order valence-corrected chi connectivity index (χ3v) is 12.0. The van der Waals surface area contributed by atoms with E-state index < -0.39 is 0 Å². The Hall–Kier alpha value is -2.99. The molecule has 0 aromatic heterocycles. The topological polar surface area (TPSA) is 62.2 Å². The molecule has 5 atom stereocenters. The van der Waals surface area contributed by atoms with Crippen LogP contribution in [-0.4, -0.2) is 65.7 Å². The molecular formula is C41H58N2O4. The normalized spacial score (nSPS) is 25.6. The van der Waals surface area contributed by atoms with Gasteiger partial charge in [0, 0.05) is 48.2 Å². The van der Waals surface area contributed by atoms with Crippen LogP contribution in [0.3, 0.4) is 0 Å². The summed E-state index contributed by atoms with van der Waals surface area (Å²) >= 11 is 0. The molecule has 1 N–H and O–H groups in total. The molecule has 2 aromatic rings. The Balaban J connectivity index is 1.08. The number of unbranched alkanes of at least 4 members (excludes halogenated alkanes) is 8. The molecule has 0 unspecified atom stereocenters. The summed E-state index contributed by atoms with van der Waals surface area (Å²) in [5.74, 6) is 2.49. The van der Waals surface area contributed by atoms with E-state index in [9.17, 15) is 9.90 Å². The molecule has 2 heterocycles. The van der Waals surface area contributed by atoms with Gasteiger partial charge in [-0.2, -0.15) is 0 Å². The lowest BCUT2D eigenvalue weighted by atomic mass is 9.50. The Kier molecular flexibility index (Phi) is 11.2. The van der Waals surface area contributed by atoms with Crippen molar-refractivity contribution in [1.29, 1.82) is 0 Å². The third kappa shape index (κ3) is 6.69. The molecule has 1 saturated heterocycles. The Morgan fingerprint density at radius 1 is 1.09 bits per heavy atom. The Morgan fingerprint density at radius 3 is 2.55 bits per heavy atom. The highest BCUT2D eigenvalue weighted by Crippen LogP contribution is 2.65. The summed E-state index contributed by atoms with van der Waals surface area (Å²) in [6.07, 6.45) is 19.4. The fourth-order valence-electron chi connectivity index (χ4n) is 9.77. The number of ether oxygens (including phenoxy) is 2. The summed E-state index contributed by atoms with van der Waals surface area (Å²) in [7, 11) is 1.66. The molecule has 2 bridgehead atoms. The van der Waals surface area contributed by atoms with E-state index in [0.717, 1.165) is 82.3 Å². The van der Waals surface area contributed by atoms with E-state index in [1.54, 1.807) is 13.2 Å². The van der Waals surface area contributed by atoms with Crippen LogP contribution in [0.4, 0.5) is 0 Å². The van der Waals surface area contributed by atoms with Crippen LogP contribution in [0.15, 0.2) is 49.1 Å². The average Bonchev–Trinajstić information content (AvgIpc) is 3.43. The zero-order valence-corrected chi connectivity index (χ0v) is 29.1. The number of likely N-dealkylation sites (tertiary alicyclic amines) is 1. The van der Waals surface area contributed by atoms with Crippen molar-refractivity contribution in [3.05, 3.63) is 65.7 Å². The molecule has 1 amide bonds. The minimum absolute atomic E-state index is 0.0398. The Labute approximate surface area is 283 Å². The number of nitrogens with zero attached hydrogens (tertiary/aromatic N) is 2. The van der Waals surface area contributed by atoms with E-state index in [-0.39, 0.29) is 17.6 Å². The zero-order chi connectivity index (χ0) is 32.8. The van der Waals surface area contributed by atoms with Gasteiger partial charge < -0.3 is 19.5 Å². The molecule has 0 radical (unpaired) electrons. The number of piperidine rings is 1. The molecule has 1 spiro atoms. The SMILES string of the molecule is C=CCN1CC[C@]23c4c5c(O)cc(OC)c4O[C@H]2[C@@H](N(CCCC)C(=O)CCCCCCCCCCc2ccccc2)CC[C@H]3[C@H]1C5. The van der Waals surface area contributed by atoms with Gasteiger partial charge in [-0.1, -0.05) is 88.3 Å². The lowest BCUT2D eigenvalue weighted by molar-refractivity contribution is -0.142. The maximum atomic E-state index is 14.1. The smallest absolute Gasteiger partial charge is 0.222 e. The molecule has 256 valence electrons. The number of phenols is 1. The standard InChI is InChI=1S/C41H58N2O4/c1-4-6-26-43(37(45)21-17-12-10-8-7-9-11-14-18-30-19-15-13-16-20-30)33-23-22-32-34-28-31-35(44)29-36(46-3)39-38(31)41(32,40(33)47-39)24-27-42(34)25-5-2/h5,13,15-16,19-20,29,32-34,40,44H,2,4,6-12,14,17-18,21-28H2,1,3H3/t32-,33-,34+,40-,41-/m0/s1. The largest absolute Gasteiger partial charge is 0.508 e. The van der Waals surface area contributed by atoms with Gasteiger partial charge >= 0.3 is 0 Å². The van der Waals surface area contributed by atoms with E-state index in [0.29, 0.717) is 35.8 Å². The highest BCUT2D eigenvalue weighted by atomic mass is 16.5. The van der Waals surface area contributed by atoms with Crippen molar-refractivity contribution in [2.75, 3.05) is 26.7 Å². The fraction of sp³-hybridized carbons (Fsp3) is 0.634. The molecule has 6 heteroatoms. The molecule has 2 aromatic carbocycles. The number of hydrogen-bond donors (Lipinski definition) is 1. The zero-order valence-electron chi connectivity index (χ0n) is 29.1. The number of amides is 1. The number of aromatic hydroxyl groups is 1. The second kappa shape index (κ2) is 15.5. The number of carbonyl (C=O) groups is 1. The quantitative estimate of drug-likeness (QED) is 0.131. The molecule has 2 aliphatic carbocycles. The van der Waals surface area contributed by atoms with Crippen LogP contribution < -0.4 is 9.47 Å². The monoisotopic (exact) mass is 642 g/mol. The number of rotatable bonds is 18. The van der Waals surface area contributed by atoms with Crippen LogP contribution in [0.25, 0.3) is 0 Å². The van der Waals surface area contributed by atoms with Gasteiger partial charge in [-0.3, -0.25) is 9.69 Å². The lowest BCUT2D eigenvalue weighted by Crippen LogP contribution is -2.69. The predicted molar refractivity (Wildman–Crippen MR) is 189 cm³/mol.